The molecule has 0 spiro atoms. The minimum Gasteiger partial charge on any atom is -0.353 e. The highest BCUT2D eigenvalue weighted by Crippen LogP contribution is 2.22. The van der Waals surface area contributed by atoms with E-state index >= 15 is 0 Å². The van der Waals surface area contributed by atoms with Crippen molar-refractivity contribution in [3.05, 3.63) is 11.1 Å². The molecule has 1 saturated heterocycles. The lowest BCUT2D eigenvalue weighted by Gasteiger charge is -2.25. The SMILES string of the molecule is CC(C)CNCc1cnc(N2CCNC(=O)C2)s1. The van der Waals surface area contributed by atoms with E-state index in [1.165, 1.54) is 4.88 Å². The van der Waals surface area contributed by atoms with E-state index in [0.29, 0.717) is 19.0 Å². The van der Waals surface area contributed by atoms with Crippen molar-refractivity contribution in [2.24, 2.45) is 5.92 Å². The number of aromatic nitrogens is 1. The van der Waals surface area contributed by atoms with Gasteiger partial charge in [-0.2, -0.15) is 0 Å². The van der Waals surface area contributed by atoms with Gasteiger partial charge in [0.05, 0.1) is 6.54 Å². The molecule has 0 atom stereocenters. The Hall–Kier alpha value is -1.14. The molecule has 18 heavy (non-hydrogen) atoms. The molecule has 6 heteroatoms. The van der Waals surface area contributed by atoms with E-state index in [0.717, 1.165) is 24.8 Å². The van der Waals surface area contributed by atoms with Gasteiger partial charge < -0.3 is 15.5 Å². The molecule has 0 aromatic carbocycles. The molecule has 5 nitrogen and oxygen atoms in total. The molecule has 1 aromatic rings. The summed E-state index contributed by atoms with van der Waals surface area (Å²) in [6.45, 7) is 8.23. The summed E-state index contributed by atoms with van der Waals surface area (Å²) in [5.41, 5.74) is 0. The number of anilines is 1. The van der Waals surface area contributed by atoms with Crippen LogP contribution in [-0.2, 0) is 11.3 Å². The van der Waals surface area contributed by atoms with Crippen LogP contribution in [0.2, 0.25) is 0 Å². The van der Waals surface area contributed by atoms with Gasteiger partial charge in [0.2, 0.25) is 5.91 Å². The van der Waals surface area contributed by atoms with Crippen molar-refractivity contribution in [2.45, 2.75) is 20.4 Å². The molecule has 0 aliphatic carbocycles. The van der Waals surface area contributed by atoms with Gasteiger partial charge in [0.25, 0.3) is 0 Å². The monoisotopic (exact) mass is 268 g/mol. The second-order valence-electron chi connectivity index (χ2n) is 4.91. The number of carbonyl (C=O) groups is 1. The number of thiazole rings is 1. The van der Waals surface area contributed by atoms with E-state index in [9.17, 15) is 4.79 Å². The summed E-state index contributed by atoms with van der Waals surface area (Å²) in [6.07, 6.45) is 1.90. The van der Waals surface area contributed by atoms with Crippen LogP contribution in [0.5, 0.6) is 0 Å². The highest BCUT2D eigenvalue weighted by molar-refractivity contribution is 7.15. The van der Waals surface area contributed by atoms with Gasteiger partial charge >= 0.3 is 0 Å². The van der Waals surface area contributed by atoms with Crippen LogP contribution < -0.4 is 15.5 Å². The summed E-state index contributed by atoms with van der Waals surface area (Å²) < 4.78 is 0. The topological polar surface area (TPSA) is 57.3 Å². The molecule has 2 heterocycles. The number of nitrogens with zero attached hydrogens (tertiary/aromatic N) is 2. The van der Waals surface area contributed by atoms with Gasteiger partial charge in [-0.25, -0.2) is 4.98 Å². The van der Waals surface area contributed by atoms with Crippen molar-refractivity contribution in [2.75, 3.05) is 31.1 Å². The fraction of sp³-hybridized carbons (Fsp3) is 0.667. The first-order valence-electron chi connectivity index (χ1n) is 6.32. The zero-order valence-corrected chi connectivity index (χ0v) is 11.7. The summed E-state index contributed by atoms with van der Waals surface area (Å²) in [4.78, 5) is 19.0. The van der Waals surface area contributed by atoms with Crippen molar-refractivity contribution < 1.29 is 4.79 Å². The van der Waals surface area contributed by atoms with E-state index in [1.54, 1.807) is 11.3 Å². The maximum atomic E-state index is 11.3. The van der Waals surface area contributed by atoms with Crippen LogP contribution in [0.25, 0.3) is 0 Å². The molecule has 1 fully saturated rings. The molecule has 0 radical (unpaired) electrons. The predicted molar refractivity (Wildman–Crippen MR) is 73.9 cm³/mol. The van der Waals surface area contributed by atoms with Crippen LogP contribution >= 0.6 is 11.3 Å². The molecule has 100 valence electrons. The van der Waals surface area contributed by atoms with Crippen molar-refractivity contribution in [3.8, 4) is 0 Å². The molecule has 2 N–H and O–H groups in total. The molecular formula is C12H20N4OS. The van der Waals surface area contributed by atoms with E-state index in [1.807, 2.05) is 11.1 Å². The minimum atomic E-state index is 0.0796. The lowest BCUT2D eigenvalue weighted by molar-refractivity contribution is -0.120. The van der Waals surface area contributed by atoms with Crippen LogP contribution in [0, 0.1) is 5.92 Å². The third-order valence-electron chi connectivity index (χ3n) is 2.70. The van der Waals surface area contributed by atoms with Gasteiger partial charge in [0, 0.05) is 30.7 Å². The van der Waals surface area contributed by atoms with Gasteiger partial charge in [-0.05, 0) is 12.5 Å². The zero-order chi connectivity index (χ0) is 13.0. The van der Waals surface area contributed by atoms with Gasteiger partial charge in [0.1, 0.15) is 0 Å². The lowest BCUT2D eigenvalue weighted by Crippen LogP contribution is -2.47. The fourth-order valence-electron chi connectivity index (χ4n) is 1.81. The number of rotatable bonds is 5. The smallest absolute Gasteiger partial charge is 0.239 e. The Morgan fingerprint density at radius 1 is 1.61 bits per heavy atom. The van der Waals surface area contributed by atoms with Gasteiger partial charge in [-0.15, -0.1) is 11.3 Å². The highest BCUT2D eigenvalue weighted by atomic mass is 32.1. The number of piperazine rings is 1. The van der Waals surface area contributed by atoms with Gasteiger partial charge in [-0.3, -0.25) is 4.79 Å². The number of nitrogens with one attached hydrogen (secondary N) is 2. The number of carbonyl (C=O) groups excluding carboxylic acids is 1. The normalized spacial score (nSPS) is 16.2. The lowest BCUT2D eigenvalue weighted by atomic mass is 10.2. The molecular weight excluding hydrogens is 248 g/mol. The second-order valence-corrected chi connectivity index (χ2v) is 6.00. The minimum absolute atomic E-state index is 0.0796. The van der Waals surface area contributed by atoms with Crippen LogP contribution in [-0.4, -0.2) is 37.1 Å². The summed E-state index contributed by atoms with van der Waals surface area (Å²) >= 11 is 1.67. The number of hydrogen-bond acceptors (Lipinski definition) is 5. The molecule has 1 aromatic heterocycles. The molecule has 0 saturated carbocycles. The van der Waals surface area contributed by atoms with Crippen LogP contribution in [0.4, 0.5) is 5.13 Å². The molecule has 0 bridgehead atoms. The molecule has 1 amide bonds. The van der Waals surface area contributed by atoms with E-state index < -0.39 is 0 Å². The average Bonchev–Trinajstić information content (AvgIpc) is 2.77. The van der Waals surface area contributed by atoms with Crippen molar-refractivity contribution in [1.29, 1.82) is 0 Å². The second kappa shape index (κ2) is 6.15. The van der Waals surface area contributed by atoms with E-state index in [4.69, 9.17) is 0 Å². The molecule has 1 aliphatic rings. The first kappa shape index (κ1) is 13.3. The Kier molecular flexibility index (Phi) is 4.54. The zero-order valence-electron chi connectivity index (χ0n) is 10.9. The third-order valence-corrected chi connectivity index (χ3v) is 3.76. The predicted octanol–water partition coefficient (Wildman–Crippen LogP) is 0.825. The van der Waals surface area contributed by atoms with Crippen molar-refractivity contribution in [3.63, 3.8) is 0 Å². The fourth-order valence-corrected chi connectivity index (χ4v) is 2.72. The summed E-state index contributed by atoms with van der Waals surface area (Å²) in [5.74, 6) is 0.735. The highest BCUT2D eigenvalue weighted by Gasteiger charge is 2.18. The molecule has 1 aliphatic heterocycles. The first-order valence-corrected chi connectivity index (χ1v) is 7.14. The Morgan fingerprint density at radius 3 is 3.17 bits per heavy atom. The van der Waals surface area contributed by atoms with Crippen molar-refractivity contribution in [1.82, 2.24) is 15.6 Å². The number of hydrogen-bond donors (Lipinski definition) is 2. The quantitative estimate of drug-likeness (QED) is 0.830. The van der Waals surface area contributed by atoms with Gasteiger partial charge in [0.15, 0.2) is 5.13 Å². The van der Waals surface area contributed by atoms with Crippen LogP contribution in [0.15, 0.2) is 6.20 Å². The molecule has 0 unspecified atom stereocenters. The maximum Gasteiger partial charge on any atom is 0.239 e. The Balaban J connectivity index is 1.87. The summed E-state index contributed by atoms with van der Waals surface area (Å²) in [6, 6.07) is 0. The summed E-state index contributed by atoms with van der Waals surface area (Å²) in [7, 11) is 0. The number of amides is 1. The van der Waals surface area contributed by atoms with Gasteiger partial charge in [-0.1, -0.05) is 13.8 Å². The maximum absolute atomic E-state index is 11.3. The Morgan fingerprint density at radius 2 is 2.44 bits per heavy atom. The molecule has 2 rings (SSSR count). The van der Waals surface area contributed by atoms with Crippen LogP contribution in [0.3, 0.4) is 0 Å². The van der Waals surface area contributed by atoms with Crippen molar-refractivity contribution >= 4 is 22.4 Å². The van der Waals surface area contributed by atoms with E-state index in [-0.39, 0.29) is 5.91 Å². The third kappa shape index (κ3) is 3.68. The first-order chi connectivity index (χ1) is 8.65. The largest absolute Gasteiger partial charge is 0.353 e. The summed E-state index contributed by atoms with van der Waals surface area (Å²) in [5, 5.41) is 7.17. The average molecular weight is 268 g/mol. The van der Waals surface area contributed by atoms with Crippen LogP contribution in [0.1, 0.15) is 18.7 Å². The Labute approximate surface area is 112 Å². The standard InChI is InChI=1S/C12H20N4OS/c1-9(2)5-13-6-10-7-15-12(18-10)16-4-3-14-11(17)8-16/h7,9,13H,3-6,8H2,1-2H3,(H,14,17). The Bertz CT molecular complexity index is 405. The van der Waals surface area contributed by atoms with E-state index in [2.05, 4.69) is 29.5 Å².